The Balaban J connectivity index is 2.51. The summed E-state index contributed by atoms with van der Waals surface area (Å²) in [5.41, 5.74) is -0.824. The predicted octanol–water partition coefficient (Wildman–Crippen LogP) is 0.0744. The molecule has 0 saturated carbocycles. The van der Waals surface area contributed by atoms with Gasteiger partial charge in [-0.2, -0.15) is 0 Å². The maximum Gasteiger partial charge on any atom is 0.308 e. The van der Waals surface area contributed by atoms with E-state index in [0.29, 0.717) is 13.0 Å². The molecule has 0 aromatic heterocycles. The second-order valence-electron chi connectivity index (χ2n) is 2.64. The van der Waals surface area contributed by atoms with Crippen molar-refractivity contribution in [1.29, 1.82) is 0 Å². The van der Waals surface area contributed by atoms with Gasteiger partial charge in [0.1, 0.15) is 0 Å². The van der Waals surface area contributed by atoms with Gasteiger partial charge < -0.3 is 9.84 Å². The van der Waals surface area contributed by atoms with Gasteiger partial charge in [0.05, 0.1) is 18.6 Å². The molecule has 3 nitrogen and oxygen atoms in total. The van der Waals surface area contributed by atoms with Crippen molar-refractivity contribution in [3.63, 3.8) is 0 Å². The summed E-state index contributed by atoms with van der Waals surface area (Å²) < 4.78 is 4.61. The zero-order valence-corrected chi connectivity index (χ0v) is 5.39. The van der Waals surface area contributed by atoms with Crippen molar-refractivity contribution in [1.82, 2.24) is 0 Å². The van der Waals surface area contributed by atoms with Gasteiger partial charge >= 0.3 is 5.97 Å². The lowest BCUT2D eigenvalue weighted by molar-refractivity contribution is -0.157. The molecule has 9 heavy (non-hydrogen) atoms. The Kier molecular flexibility index (Phi) is 1.45. The minimum absolute atomic E-state index is 0.132. The molecule has 0 aliphatic carbocycles. The molecular formula is C6H10O3. The van der Waals surface area contributed by atoms with Gasteiger partial charge in [0.2, 0.25) is 0 Å². The van der Waals surface area contributed by atoms with Crippen LogP contribution in [0.4, 0.5) is 0 Å². The van der Waals surface area contributed by atoms with Gasteiger partial charge in [0, 0.05) is 6.42 Å². The highest BCUT2D eigenvalue weighted by atomic mass is 16.5. The molecule has 0 amide bonds. The maximum absolute atomic E-state index is 10.5. The van der Waals surface area contributed by atoms with E-state index in [1.54, 1.807) is 6.92 Å². The van der Waals surface area contributed by atoms with Gasteiger partial charge in [-0.25, -0.2) is 0 Å². The Bertz CT molecular complexity index is 128. The highest BCUT2D eigenvalue weighted by molar-refractivity contribution is 5.71. The summed E-state index contributed by atoms with van der Waals surface area (Å²) in [4.78, 5) is 10.5. The van der Waals surface area contributed by atoms with Crippen molar-refractivity contribution < 1.29 is 14.6 Å². The molecule has 1 aliphatic rings. The number of esters is 1. The molecule has 0 aromatic carbocycles. The molecule has 1 rings (SSSR count). The number of cyclic esters (lactones) is 1. The molecule has 1 atom stereocenters. The average Bonchev–Trinajstić information content (AvgIpc) is 1.60. The van der Waals surface area contributed by atoms with E-state index in [-0.39, 0.29) is 12.4 Å². The maximum atomic E-state index is 10.5. The molecule has 1 heterocycles. The normalized spacial score (nSPS) is 36.0. The third kappa shape index (κ3) is 1.68. The minimum atomic E-state index is -0.824. The Labute approximate surface area is 53.6 Å². The van der Waals surface area contributed by atoms with Crippen LogP contribution < -0.4 is 0 Å². The molecule has 1 unspecified atom stereocenters. The minimum Gasteiger partial charge on any atom is -0.465 e. The zero-order chi connectivity index (χ0) is 6.91. The number of carbonyl (C=O) groups is 1. The van der Waals surface area contributed by atoms with Crippen molar-refractivity contribution in [2.45, 2.75) is 25.4 Å². The smallest absolute Gasteiger partial charge is 0.308 e. The second-order valence-corrected chi connectivity index (χ2v) is 2.64. The largest absolute Gasteiger partial charge is 0.465 e. The quantitative estimate of drug-likeness (QED) is 0.374. The zero-order valence-electron chi connectivity index (χ0n) is 5.39. The molecule has 3 heteroatoms. The van der Waals surface area contributed by atoms with E-state index in [1.165, 1.54) is 0 Å². The van der Waals surface area contributed by atoms with E-state index in [9.17, 15) is 9.90 Å². The van der Waals surface area contributed by atoms with Crippen molar-refractivity contribution >= 4 is 5.97 Å². The van der Waals surface area contributed by atoms with Crippen molar-refractivity contribution in [2.24, 2.45) is 0 Å². The predicted molar refractivity (Wildman–Crippen MR) is 30.8 cm³/mol. The Hall–Kier alpha value is -0.570. The fourth-order valence-corrected chi connectivity index (χ4v) is 0.835. The molecule has 0 spiro atoms. The lowest BCUT2D eigenvalue weighted by Crippen LogP contribution is -2.35. The average molecular weight is 131 g/mol. The third-order valence-electron chi connectivity index (χ3n) is 1.43. The lowest BCUT2D eigenvalue weighted by Gasteiger charge is -2.26. The van der Waals surface area contributed by atoms with Crippen molar-refractivity contribution in [2.75, 3.05) is 6.61 Å². The van der Waals surface area contributed by atoms with E-state index in [4.69, 9.17) is 0 Å². The summed E-state index contributed by atoms with van der Waals surface area (Å²) in [5.74, 6) is -0.300. The molecule has 1 aliphatic heterocycles. The number of hydrogen-bond acceptors (Lipinski definition) is 3. The molecular weight excluding hydrogens is 121 g/mol. The first-order valence-electron chi connectivity index (χ1n) is 2.98. The van der Waals surface area contributed by atoms with Crippen molar-refractivity contribution in [3.05, 3.63) is 0 Å². The third-order valence-corrected chi connectivity index (χ3v) is 1.43. The van der Waals surface area contributed by atoms with Crippen molar-refractivity contribution in [3.8, 4) is 0 Å². The summed E-state index contributed by atoms with van der Waals surface area (Å²) in [6.07, 6.45) is 0.686. The van der Waals surface area contributed by atoms with Gasteiger partial charge in [-0.05, 0) is 6.92 Å². The number of carbonyl (C=O) groups excluding carboxylic acids is 1. The van der Waals surface area contributed by atoms with E-state index >= 15 is 0 Å². The van der Waals surface area contributed by atoms with Gasteiger partial charge in [-0.1, -0.05) is 0 Å². The number of hydrogen-bond donors (Lipinski definition) is 1. The highest BCUT2D eigenvalue weighted by Crippen LogP contribution is 2.19. The van der Waals surface area contributed by atoms with Crippen LogP contribution in [0.25, 0.3) is 0 Å². The summed E-state index contributed by atoms with van der Waals surface area (Å²) in [6, 6.07) is 0. The molecule has 1 saturated heterocycles. The number of rotatable bonds is 0. The van der Waals surface area contributed by atoms with Crippen LogP contribution in [0.3, 0.4) is 0 Å². The van der Waals surface area contributed by atoms with Gasteiger partial charge in [0.25, 0.3) is 0 Å². The fourth-order valence-electron chi connectivity index (χ4n) is 0.835. The van der Waals surface area contributed by atoms with Crippen LogP contribution >= 0.6 is 0 Å². The standard InChI is InChI=1S/C6H10O3/c1-6(8)2-3-9-5(7)4-6/h8H,2-4H2,1H3/i1+1. The first-order valence-corrected chi connectivity index (χ1v) is 2.98. The van der Waals surface area contributed by atoms with Crippen LogP contribution in [0, 0.1) is 0 Å². The fraction of sp³-hybridized carbons (Fsp3) is 0.833. The molecule has 0 radical (unpaired) electrons. The first-order chi connectivity index (χ1) is 4.10. The van der Waals surface area contributed by atoms with Gasteiger partial charge in [0.15, 0.2) is 0 Å². The van der Waals surface area contributed by atoms with Crippen LogP contribution in [0.5, 0.6) is 0 Å². The Morgan fingerprint density at radius 3 is 2.78 bits per heavy atom. The van der Waals surface area contributed by atoms with E-state index in [2.05, 4.69) is 4.74 Å². The van der Waals surface area contributed by atoms with Crippen LogP contribution in [0.2, 0.25) is 0 Å². The summed E-state index contributed by atoms with van der Waals surface area (Å²) in [6.45, 7) is 2.00. The summed E-state index contributed by atoms with van der Waals surface area (Å²) >= 11 is 0. The van der Waals surface area contributed by atoms with Crippen LogP contribution in [0.15, 0.2) is 0 Å². The van der Waals surface area contributed by atoms with E-state index < -0.39 is 5.60 Å². The van der Waals surface area contributed by atoms with Gasteiger partial charge in [-0.3, -0.25) is 4.79 Å². The SMILES string of the molecule is [13CH3]C1(O)CCOC(=O)C1. The summed E-state index contributed by atoms with van der Waals surface area (Å²) in [7, 11) is 0. The lowest BCUT2D eigenvalue weighted by atomic mass is 10.0. The van der Waals surface area contributed by atoms with Crippen LogP contribution in [-0.4, -0.2) is 23.3 Å². The molecule has 0 bridgehead atoms. The Morgan fingerprint density at radius 2 is 2.44 bits per heavy atom. The Morgan fingerprint density at radius 1 is 1.78 bits per heavy atom. The van der Waals surface area contributed by atoms with Gasteiger partial charge in [-0.15, -0.1) is 0 Å². The van der Waals surface area contributed by atoms with E-state index in [0.717, 1.165) is 0 Å². The molecule has 1 fully saturated rings. The second kappa shape index (κ2) is 1.99. The molecule has 0 aromatic rings. The van der Waals surface area contributed by atoms with Crippen LogP contribution in [-0.2, 0) is 9.53 Å². The first kappa shape index (κ1) is 6.55. The monoisotopic (exact) mass is 131 g/mol. The topological polar surface area (TPSA) is 46.5 Å². The van der Waals surface area contributed by atoms with E-state index in [1.807, 2.05) is 0 Å². The number of aliphatic hydroxyl groups is 1. The molecule has 52 valence electrons. The summed E-state index contributed by atoms with van der Waals surface area (Å²) in [5, 5.41) is 9.24. The highest BCUT2D eigenvalue weighted by Gasteiger charge is 2.29. The molecule has 1 N–H and O–H groups in total. The van der Waals surface area contributed by atoms with Crippen LogP contribution in [0.1, 0.15) is 19.8 Å². The number of ether oxygens (including phenoxy) is 1.